The van der Waals surface area contributed by atoms with E-state index in [1.54, 1.807) is 24.4 Å². The number of fused-ring (bicyclic) bond motifs is 1. The highest BCUT2D eigenvalue weighted by Crippen LogP contribution is 2.33. The molecule has 0 radical (unpaired) electrons. The summed E-state index contributed by atoms with van der Waals surface area (Å²) in [5.74, 6) is -1.04. The summed E-state index contributed by atoms with van der Waals surface area (Å²) in [6, 6.07) is 19.7. The minimum absolute atomic E-state index is 0.173. The van der Waals surface area contributed by atoms with Crippen LogP contribution in [0.15, 0.2) is 79.1 Å². The Kier molecular flexibility index (Phi) is 6.20. The molecule has 8 heteroatoms. The fraction of sp³-hybridized carbons (Fsp3) is 0.222. The lowest BCUT2D eigenvalue weighted by Gasteiger charge is -2.38. The van der Waals surface area contributed by atoms with Crippen LogP contribution in [0.3, 0.4) is 0 Å². The number of benzene rings is 2. The van der Waals surface area contributed by atoms with E-state index in [-0.39, 0.29) is 5.56 Å². The van der Waals surface area contributed by atoms with Crippen LogP contribution in [-0.2, 0) is 11.3 Å². The summed E-state index contributed by atoms with van der Waals surface area (Å²) >= 11 is 0. The number of piperazine rings is 1. The zero-order chi connectivity index (χ0) is 24.4. The number of rotatable bonds is 7. The molecule has 4 aromatic rings. The molecule has 2 N–H and O–H groups in total. The fourth-order valence-corrected chi connectivity index (χ4v) is 4.82. The van der Waals surface area contributed by atoms with Crippen LogP contribution in [0.4, 0.5) is 5.82 Å². The highest BCUT2D eigenvalue weighted by atomic mass is 16.4. The zero-order valence-corrected chi connectivity index (χ0v) is 19.1. The molecule has 5 rings (SSSR count). The van der Waals surface area contributed by atoms with Crippen molar-refractivity contribution in [3.8, 4) is 0 Å². The lowest BCUT2D eigenvalue weighted by atomic mass is 10.0. The molecule has 0 bridgehead atoms. The SMILES string of the molecule is O=C(O)c1ccc2c([C@H](C(=O)O)N3CCN(c4ccccn4)CC3)cn(Cc3ccccc3)c2c1. The molecule has 178 valence electrons. The van der Waals surface area contributed by atoms with Crippen LogP contribution >= 0.6 is 0 Å². The number of anilines is 1. The summed E-state index contributed by atoms with van der Waals surface area (Å²) < 4.78 is 1.95. The van der Waals surface area contributed by atoms with E-state index in [2.05, 4.69) is 9.88 Å². The van der Waals surface area contributed by atoms with Gasteiger partial charge in [0.15, 0.2) is 0 Å². The lowest BCUT2D eigenvalue weighted by molar-refractivity contribution is -0.143. The smallest absolute Gasteiger partial charge is 0.335 e. The number of aromatic nitrogens is 2. The van der Waals surface area contributed by atoms with Gasteiger partial charge in [0.25, 0.3) is 0 Å². The molecule has 2 aromatic heterocycles. The number of aromatic carboxylic acids is 1. The van der Waals surface area contributed by atoms with E-state index < -0.39 is 18.0 Å². The van der Waals surface area contributed by atoms with E-state index in [1.165, 1.54) is 0 Å². The van der Waals surface area contributed by atoms with Crippen molar-refractivity contribution in [2.75, 3.05) is 31.1 Å². The molecule has 2 aromatic carbocycles. The third kappa shape index (κ3) is 4.61. The first kappa shape index (κ1) is 22.6. The van der Waals surface area contributed by atoms with Crippen molar-refractivity contribution in [3.63, 3.8) is 0 Å². The maximum Gasteiger partial charge on any atom is 0.335 e. The predicted octanol–water partition coefficient (Wildman–Crippen LogP) is 3.73. The van der Waals surface area contributed by atoms with Crippen LogP contribution in [-0.4, -0.2) is 62.8 Å². The van der Waals surface area contributed by atoms with Gasteiger partial charge in [0.2, 0.25) is 0 Å². The normalized spacial score (nSPS) is 15.3. The second kappa shape index (κ2) is 9.60. The number of aliphatic carboxylic acids is 1. The van der Waals surface area contributed by atoms with Crippen LogP contribution in [0, 0.1) is 0 Å². The molecule has 0 amide bonds. The second-order valence-electron chi connectivity index (χ2n) is 8.69. The Labute approximate surface area is 202 Å². The molecule has 0 spiro atoms. The van der Waals surface area contributed by atoms with Crippen LogP contribution in [0.25, 0.3) is 10.9 Å². The van der Waals surface area contributed by atoms with Crippen molar-refractivity contribution < 1.29 is 19.8 Å². The molecule has 8 nitrogen and oxygen atoms in total. The molecule has 1 aliphatic rings. The van der Waals surface area contributed by atoms with E-state index in [0.717, 1.165) is 16.8 Å². The summed E-state index contributed by atoms with van der Waals surface area (Å²) in [7, 11) is 0. The Morgan fingerprint density at radius 1 is 0.914 bits per heavy atom. The van der Waals surface area contributed by atoms with Crippen LogP contribution in [0.5, 0.6) is 0 Å². The molecular formula is C27H26N4O4. The predicted molar refractivity (Wildman–Crippen MR) is 133 cm³/mol. The van der Waals surface area contributed by atoms with Gasteiger partial charge in [-0.15, -0.1) is 0 Å². The highest BCUT2D eigenvalue weighted by molar-refractivity contribution is 5.96. The number of pyridine rings is 1. The van der Waals surface area contributed by atoms with Crippen molar-refractivity contribution in [1.29, 1.82) is 0 Å². The minimum atomic E-state index is -1.01. The highest BCUT2D eigenvalue weighted by Gasteiger charge is 2.33. The third-order valence-electron chi connectivity index (χ3n) is 6.54. The average molecular weight is 471 g/mol. The van der Waals surface area contributed by atoms with Crippen LogP contribution < -0.4 is 4.90 Å². The molecule has 1 aliphatic heterocycles. The molecule has 35 heavy (non-hydrogen) atoms. The fourth-order valence-electron chi connectivity index (χ4n) is 4.82. The number of hydrogen-bond acceptors (Lipinski definition) is 5. The largest absolute Gasteiger partial charge is 0.480 e. The van der Waals surface area contributed by atoms with Crippen molar-refractivity contribution in [1.82, 2.24) is 14.5 Å². The molecule has 1 atom stereocenters. The maximum absolute atomic E-state index is 12.6. The minimum Gasteiger partial charge on any atom is -0.480 e. The molecule has 0 unspecified atom stereocenters. The topological polar surface area (TPSA) is 98.9 Å². The number of nitrogens with zero attached hydrogens (tertiary/aromatic N) is 4. The van der Waals surface area contributed by atoms with Gasteiger partial charge in [-0.1, -0.05) is 42.5 Å². The Morgan fingerprint density at radius 3 is 2.31 bits per heavy atom. The van der Waals surface area contributed by atoms with Gasteiger partial charge in [-0.25, -0.2) is 9.78 Å². The number of carboxylic acids is 2. The first-order valence-corrected chi connectivity index (χ1v) is 11.5. The third-order valence-corrected chi connectivity index (χ3v) is 6.54. The maximum atomic E-state index is 12.6. The zero-order valence-electron chi connectivity index (χ0n) is 19.1. The summed E-state index contributed by atoms with van der Waals surface area (Å²) in [5, 5.41) is 20.6. The summed E-state index contributed by atoms with van der Waals surface area (Å²) in [6.07, 6.45) is 3.63. The summed E-state index contributed by atoms with van der Waals surface area (Å²) in [4.78, 5) is 32.8. The van der Waals surface area contributed by atoms with E-state index in [9.17, 15) is 19.8 Å². The Morgan fingerprint density at radius 2 is 1.66 bits per heavy atom. The summed E-state index contributed by atoms with van der Waals surface area (Å²) in [5.41, 5.74) is 2.61. The van der Waals surface area contributed by atoms with Gasteiger partial charge in [0.1, 0.15) is 11.9 Å². The van der Waals surface area contributed by atoms with E-state index in [4.69, 9.17) is 0 Å². The molecule has 0 saturated carbocycles. The first-order valence-electron chi connectivity index (χ1n) is 11.5. The number of hydrogen-bond donors (Lipinski definition) is 2. The molecular weight excluding hydrogens is 444 g/mol. The average Bonchev–Trinajstić information content (AvgIpc) is 3.22. The van der Waals surface area contributed by atoms with Gasteiger partial charge in [-0.3, -0.25) is 9.69 Å². The Hall–Kier alpha value is -4.17. The Balaban J connectivity index is 1.50. The van der Waals surface area contributed by atoms with Gasteiger partial charge < -0.3 is 19.7 Å². The molecule has 1 saturated heterocycles. The van der Waals surface area contributed by atoms with Crippen molar-refractivity contribution in [3.05, 3.63) is 95.8 Å². The second-order valence-corrected chi connectivity index (χ2v) is 8.69. The van der Waals surface area contributed by atoms with Crippen molar-refractivity contribution in [2.24, 2.45) is 0 Å². The standard InChI is InChI=1S/C27H26N4O4/c32-26(33)20-9-10-21-22(18-31(23(21)16-20)17-19-6-2-1-3-7-19)25(27(34)35)30-14-12-29(13-15-30)24-8-4-5-11-28-24/h1-11,16,18,25H,12-15,17H2,(H,32,33)(H,34,35)/t25-/m1/s1. The van der Waals surface area contributed by atoms with Gasteiger partial charge in [0.05, 0.1) is 5.56 Å². The van der Waals surface area contributed by atoms with E-state index in [0.29, 0.717) is 43.8 Å². The van der Waals surface area contributed by atoms with Gasteiger partial charge in [0, 0.05) is 61.6 Å². The van der Waals surface area contributed by atoms with E-state index in [1.807, 2.05) is 64.2 Å². The monoisotopic (exact) mass is 470 g/mol. The number of carboxylic acid groups (broad SMARTS) is 2. The number of carbonyl (C=O) groups is 2. The van der Waals surface area contributed by atoms with Crippen LogP contribution in [0.2, 0.25) is 0 Å². The summed E-state index contributed by atoms with van der Waals surface area (Å²) in [6.45, 7) is 3.01. The lowest BCUT2D eigenvalue weighted by Crippen LogP contribution is -2.49. The van der Waals surface area contributed by atoms with Crippen LogP contribution in [0.1, 0.15) is 27.5 Å². The van der Waals surface area contributed by atoms with Gasteiger partial charge in [-0.2, -0.15) is 0 Å². The quantitative estimate of drug-likeness (QED) is 0.425. The van der Waals surface area contributed by atoms with Crippen molar-refractivity contribution in [2.45, 2.75) is 12.6 Å². The molecule has 1 fully saturated rings. The van der Waals surface area contributed by atoms with E-state index >= 15 is 0 Å². The molecule has 0 aliphatic carbocycles. The molecule has 3 heterocycles. The first-order chi connectivity index (χ1) is 17.0. The van der Waals surface area contributed by atoms with Gasteiger partial charge >= 0.3 is 11.9 Å². The Bertz CT molecular complexity index is 1350. The van der Waals surface area contributed by atoms with Crippen molar-refractivity contribution >= 4 is 28.7 Å². The van der Waals surface area contributed by atoms with Gasteiger partial charge in [-0.05, 0) is 29.8 Å².